The molecule has 0 saturated carbocycles. The number of amides is 1. The quantitative estimate of drug-likeness (QED) is 0.403. The van der Waals surface area contributed by atoms with Crippen LogP contribution in [0.2, 0.25) is 0 Å². The molecule has 6 nitrogen and oxygen atoms in total. The maximum absolute atomic E-state index is 12.3. The highest BCUT2D eigenvalue weighted by atomic mass is 16.2. The van der Waals surface area contributed by atoms with Crippen LogP contribution in [0, 0.1) is 0 Å². The molecule has 0 spiro atoms. The van der Waals surface area contributed by atoms with Crippen molar-refractivity contribution < 1.29 is 4.79 Å². The molecule has 2 rings (SSSR count). The van der Waals surface area contributed by atoms with Gasteiger partial charge < -0.3 is 20.4 Å². The molecule has 1 heterocycles. The van der Waals surface area contributed by atoms with Gasteiger partial charge in [0.2, 0.25) is 5.91 Å². The fourth-order valence-electron chi connectivity index (χ4n) is 3.26. The number of aliphatic imine (C=N–C) groups is 1. The van der Waals surface area contributed by atoms with E-state index in [9.17, 15) is 4.79 Å². The molecule has 1 aromatic rings. The molecule has 1 aromatic carbocycles. The summed E-state index contributed by atoms with van der Waals surface area (Å²) in [5.41, 5.74) is 0.959. The zero-order chi connectivity index (χ0) is 18.8. The zero-order valence-electron chi connectivity index (χ0n) is 16.4. The predicted molar refractivity (Wildman–Crippen MR) is 109 cm³/mol. The van der Waals surface area contributed by atoms with Crippen LogP contribution in [-0.2, 0) is 4.79 Å². The van der Waals surface area contributed by atoms with Crippen LogP contribution in [-0.4, -0.2) is 62.6 Å². The molecule has 0 radical (unpaired) electrons. The Bertz CT molecular complexity index is 571. The van der Waals surface area contributed by atoms with Crippen molar-refractivity contribution in [3.63, 3.8) is 0 Å². The molecule has 0 aliphatic carbocycles. The summed E-state index contributed by atoms with van der Waals surface area (Å²) in [6, 6.07) is 9.92. The van der Waals surface area contributed by atoms with E-state index in [1.807, 2.05) is 35.2 Å². The average Bonchev–Trinajstić information content (AvgIpc) is 3.04. The van der Waals surface area contributed by atoms with Gasteiger partial charge in [-0.25, -0.2) is 0 Å². The van der Waals surface area contributed by atoms with Crippen molar-refractivity contribution in [1.82, 2.24) is 15.5 Å². The van der Waals surface area contributed by atoms with Crippen LogP contribution in [0.15, 0.2) is 35.3 Å². The van der Waals surface area contributed by atoms with Crippen molar-refractivity contribution >= 4 is 17.6 Å². The van der Waals surface area contributed by atoms with Crippen LogP contribution >= 0.6 is 0 Å². The minimum absolute atomic E-state index is 0.0876. The van der Waals surface area contributed by atoms with Crippen LogP contribution in [0.4, 0.5) is 5.69 Å². The number of hydrogen-bond acceptors (Lipinski definition) is 3. The molecule has 2 N–H and O–H groups in total. The third-order valence-corrected chi connectivity index (χ3v) is 4.85. The molecule has 26 heavy (non-hydrogen) atoms. The Kier molecular flexibility index (Phi) is 8.41. The normalized spacial score (nSPS) is 17.8. The summed E-state index contributed by atoms with van der Waals surface area (Å²) >= 11 is 0. The average molecular weight is 360 g/mol. The maximum Gasteiger partial charge on any atom is 0.229 e. The molecule has 1 fully saturated rings. The summed E-state index contributed by atoms with van der Waals surface area (Å²) < 4.78 is 0. The van der Waals surface area contributed by atoms with Crippen LogP contribution in [0.3, 0.4) is 0 Å². The highest BCUT2D eigenvalue weighted by Gasteiger charge is 2.30. The minimum Gasteiger partial charge on any atom is -0.356 e. The predicted octanol–water partition coefficient (Wildman–Crippen LogP) is 2.08. The lowest BCUT2D eigenvalue weighted by molar-refractivity contribution is -0.117. The Morgan fingerprint density at radius 1 is 1.23 bits per heavy atom. The number of para-hydroxylation sites is 1. The summed E-state index contributed by atoms with van der Waals surface area (Å²) in [5.74, 6) is 0.934. The zero-order valence-corrected chi connectivity index (χ0v) is 16.4. The Labute approximate surface area is 157 Å². The van der Waals surface area contributed by atoms with Crippen LogP contribution in [0.1, 0.15) is 33.1 Å². The van der Waals surface area contributed by atoms with Gasteiger partial charge in [-0.1, -0.05) is 32.0 Å². The Morgan fingerprint density at radius 3 is 2.62 bits per heavy atom. The van der Waals surface area contributed by atoms with Crippen molar-refractivity contribution in [3.05, 3.63) is 30.3 Å². The van der Waals surface area contributed by atoms with Crippen LogP contribution in [0.25, 0.3) is 0 Å². The SMILES string of the molecule is CCN(CC)CCCCNC(=NC)NC1CC(=O)N(c2ccccc2)C1. The van der Waals surface area contributed by atoms with E-state index in [4.69, 9.17) is 0 Å². The van der Waals surface area contributed by atoms with Gasteiger partial charge in [-0.2, -0.15) is 0 Å². The molecular formula is C20H33N5O. The van der Waals surface area contributed by atoms with E-state index >= 15 is 0 Å². The molecule has 0 aromatic heterocycles. The fraction of sp³-hybridized carbons (Fsp3) is 0.600. The lowest BCUT2D eigenvalue weighted by Crippen LogP contribution is -2.45. The molecule has 1 unspecified atom stereocenters. The van der Waals surface area contributed by atoms with E-state index in [1.54, 1.807) is 7.05 Å². The second-order valence-electron chi connectivity index (χ2n) is 6.62. The highest BCUT2D eigenvalue weighted by molar-refractivity contribution is 5.97. The molecule has 1 atom stereocenters. The van der Waals surface area contributed by atoms with Gasteiger partial charge in [0.15, 0.2) is 5.96 Å². The van der Waals surface area contributed by atoms with Gasteiger partial charge in [-0.15, -0.1) is 0 Å². The first kappa shape index (κ1) is 20.2. The van der Waals surface area contributed by atoms with Gasteiger partial charge in [-0.3, -0.25) is 9.79 Å². The number of nitrogens with one attached hydrogen (secondary N) is 2. The summed E-state index contributed by atoms with van der Waals surface area (Å²) in [6.45, 7) is 9.34. The summed E-state index contributed by atoms with van der Waals surface area (Å²) in [6.07, 6.45) is 2.78. The van der Waals surface area contributed by atoms with Crippen molar-refractivity contribution in [2.45, 2.75) is 39.2 Å². The third kappa shape index (κ3) is 6.02. The van der Waals surface area contributed by atoms with Gasteiger partial charge in [0, 0.05) is 32.2 Å². The largest absolute Gasteiger partial charge is 0.356 e. The van der Waals surface area contributed by atoms with E-state index in [1.165, 1.54) is 6.42 Å². The number of benzene rings is 1. The van der Waals surface area contributed by atoms with E-state index in [-0.39, 0.29) is 11.9 Å². The Hall–Kier alpha value is -2.08. The van der Waals surface area contributed by atoms with Gasteiger partial charge in [-0.05, 0) is 44.6 Å². The van der Waals surface area contributed by atoms with Crippen LogP contribution < -0.4 is 15.5 Å². The van der Waals surface area contributed by atoms with Gasteiger partial charge in [0.25, 0.3) is 0 Å². The monoisotopic (exact) mass is 359 g/mol. The molecule has 1 aliphatic heterocycles. The number of unbranched alkanes of at least 4 members (excludes halogenated alkanes) is 1. The van der Waals surface area contributed by atoms with E-state index < -0.39 is 0 Å². The molecule has 144 valence electrons. The molecular weight excluding hydrogens is 326 g/mol. The lowest BCUT2D eigenvalue weighted by Gasteiger charge is -2.20. The number of carbonyl (C=O) groups excluding carboxylic acids is 1. The number of rotatable bonds is 9. The summed E-state index contributed by atoms with van der Waals surface area (Å²) in [4.78, 5) is 20.9. The number of anilines is 1. The molecule has 1 saturated heterocycles. The van der Waals surface area contributed by atoms with E-state index in [0.717, 1.165) is 44.2 Å². The summed E-state index contributed by atoms with van der Waals surface area (Å²) in [7, 11) is 1.77. The number of guanidine groups is 1. The Balaban J connectivity index is 1.72. The van der Waals surface area contributed by atoms with Crippen LogP contribution in [0.5, 0.6) is 0 Å². The number of nitrogens with zero attached hydrogens (tertiary/aromatic N) is 3. The molecule has 1 amide bonds. The first-order valence-electron chi connectivity index (χ1n) is 9.72. The second kappa shape index (κ2) is 10.8. The minimum atomic E-state index is 0.0876. The van der Waals surface area contributed by atoms with Crippen molar-refractivity contribution in [1.29, 1.82) is 0 Å². The van der Waals surface area contributed by atoms with Gasteiger partial charge in [0.1, 0.15) is 0 Å². The molecule has 1 aliphatic rings. The standard InChI is InChI=1S/C20H33N5O/c1-4-24(5-2)14-10-9-13-22-20(21-3)23-17-15-19(26)25(16-17)18-11-7-6-8-12-18/h6-8,11-12,17H,4-5,9-10,13-16H2,1-3H3,(H2,21,22,23). The first-order valence-corrected chi connectivity index (χ1v) is 9.72. The van der Waals surface area contributed by atoms with Gasteiger partial charge >= 0.3 is 0 Å². The van der Waals surface area contributed by atoms with Crippen molar-refractivity contribution in [3.8, 4) is 0 Å². The smallest absolute Gasteiger partial charge is 0.229 e. The third-order valence-electron chi connectivity index (χ3n) is 4.85. The molecule has 6 heteroatoms. The van der Waals surface area contributed by atoms with Crippen molar-refractivity contribution in [2.24, 2.45) is 4.99 Å². The number of carbonyl (C=O) groups is 1. The maximum atomic E-state index is 12.3. The topological polar surface area (TPSA) is 60.0 Å². The Morgan fingerprint density at radius 2 is 1.96 bits per heavy atom. The number of hydrogen-bond donors (Lipinski definition) is 2. The first-order chi connectivity index (χ1) is 12.7. The summed E-state index contributed by atoms with van der Waals surface area (Å²) in [5, 5.41) is 6.75. The highest BCUT2D eigenvalue weighted by Crippen LogP contribution is 2.20. The van der Waals surface area contributed by atoms with E-state index in [2.05, 4.69) is 34.4 Å². The molecule has 0 bridgehead atoms. The van der Waals surface area contributed by atoms with Gasteiger partial charge in [0.05, 0.1) is 6.04 Å². The lowest BCUT2D eigenvalue weighted by atomic mass is 10.2. The second-order valence-corrected chi connectivity index (χ2v) is 6.62. The van der Waals surface area contributed by atoms with E-state index in [0.29, 0.717) is 13.0 Å². The fourth-order valence-corrected chi connectivity index (χ4v) is 3.26. The van der Waals surface area contributed by atoms with Crippen molar-refractivity contribution in [2.75, 3.05) is 44.7 Å².